The molecule has 0 unspecified atom stereocenters. The van der Waals surface area contributed by atoms with Crippen LogP contribution in [0, 0.1) is 6.92 Å². The zero-order valence-electron chi connectivity index (χ0n) is 14.7. The molecule has 3 heterocycles. The fraction of sp³-hybridized carbons (Fsp3) is 0.211. The number of anilines is 1. The van der Waals surface area contributed by atoms with Crippen LogP contribution in [0.15, 0.2) is 46.2 Å². The summed E-state index contributed by atoms with van der Waals surface area (Å²) in [5, 5.41) is 10.6. The highest BCUT2D eigenvalue weighted by Gasteiger charge is 2.16. The van der Waals surface area contributed by atoms with Crippen molar-refractivity contribution in [2.75, 3.05) is 5.32 Å². The molecule has 132 valence electrons. The van der Waals surface area contributed by atoms with Crippen LogP contribution >= 0.6 is 11.3 Å². The third-order valence-electron chi connectivity index (χ3n) is 4.05. The molecule has 1 aromatic carbocycles. The van der Waals surface area contributed by atoms with Crippen molar-refractivity contribution in [3.8, 4) is 11.5 Å². The van der Waals surface area contributed by atoms with Crippen molar-refractivity contribution in [2.24, 2.45) is 0 Å². The maximum absolute atomic E-state index is 12.4. The van der Waals surface area contributed by atoms with Crippen molar-refractivity contribution in [1.29, 1.82) is 0 Å². The lowest BCUT2D eigenvalue weighted by Crippen LogP contribution is -2.13. The molecule has 4 rings (SSSR count). The largest absolute Gasteiger partial charge is 0.454 e. The van der Waals surface area contributed by atoms with E-state index in [1.54, 1.807) is 6.07 Å². The number of para-hydroxylation sites is 1. The van der Waals surface area contributed by atoms with Crippen molar-refractivity contribution in [3.63, 3.8) is 0 Å². The first-order chi connectivity index (χ1) is 12.5. The maximum Gasteiger partial charge on any atom is 0.277 e. The number of nitrogens with zero attached hydrogens (tertiary/aromatic N) is 3. The van der Waals surface area contributed by atoms with Gasteiger partial charge in [-0.3, -0.25) is 14.8 Å². The van der Waals surface area contributed by atoms with E-state index >= 15 is 0 Å². The van der Waals surface area contributed by atoms with E-state index in [1.807, 2.05) is 61.2 Å². The van der Waals surface area contributed by atoms with Crippen LogP contribution in [-0.2, 0) is 0 Å². The Morgan fingerprint density at radius 2 is 2.08 bits per heavy atom. The Balaban J connectivity index is 1.54. The van der Waals surface area contributed by atoms with Crippen molar-refractivity contribution < 1.29 is 9.21 Å². The molecule has 6 nitrogen and oxygen atoms in total. The lowest BCUT2D eigenvalue weighted by molar-refractivity contribution is 0.102. The molecule has 0 aliphatic rings. The summed E-state index contributed by atoms with van der Waals surface area (Å²) in [6, 6.07) is 11.7. The number of aromatic nitrogens is 3. The SMILES string of the molecule is Cc1cc(C(=O)Nc2nc(-c3cc4ccccc4o3)cs2)nn1C(C)C. The van der Waals surface area contributed by atoms with Crippen molar-refractivity contribution in [1.82, 2.24) is 14.8 Å². The van der Waals surface area contributed by atoms with Gasteiger partial charge in [0, 0.05) is 22.5 Å². The van der Waals surface area contributed by atoms with E-state index in [0.29, 0.717) is 22.3 Å². The van der Waals surface area contributed by atoms with E-state index < -0.39 is 0 Å². The zero-order valence-corrected chi connectivity index (χ0v) is 15.5. The van der Waals surface area contributed by atoms with Crippen LogP contribution in [0.2, 0.25) is 0 Å². The number of furan rings is 1. The second kappa shape index (κ2) is 6.42. The minimum absolute atomic E-state index is 0.205. The van der Waals surface area contributed by atoms with Gasteiger partial charge in [0.25, 0.3) is 5.91 Å². The summed E-state index contributed by atoms with van der Waals surface area (Å²) in [5.41, 5.74) is 2.85. The predicted molar refractivity (Wildman–Crippen MR) is 103 cm³/mol. The molecule has 1 amide bonds. The first-order valence-corrected chi connectivity index (χ1v) is 9.21. The molecule has 3 aromatic heterocycles. The molecule has 0 saturated heterocycles. The normalized spacial score (nSPS) is 11.4. The molecule has 0 fully saturated rings. The number of fused-ring (bicyclic) bond motifs is 1. The Bertz CT molecular complexity index is 1060. The van der Waals surface area contributed by atoms with Gasteiger partial charge in [0.05, 0.1) is 0 Å². The van der Waals surface area contributed by atoms with Crippen LogP contribution in [-0.4, -0.2) is 20.7 Å². The van der Waals surface area contributed by atoms with Gasteiger partial charge < -0.3 is 4.42 Å². The molecular formula is C19H18N4O2S. The smallest absolute Gasteiger partial charge is 0.277 e. The minimum Gasteiger partial charge on any atom is -0.454 e. The second-order valence-electron chi connectivity index (χ2n) is 6.35. The third-order valence-corrected chi connectivity index (χ3v) is 4.80. The predicted octanol–water partition coefficient (Wildman–Crippen LogP) is 4.89. The van der Waals surface area contributed by atoms with Crippen molar-refractivity contribution in [2.45, 2.75) is 26.8 Å². The van der Waals surface area contributed by atoms with Gasteiger partial charge in [-0.2, -0.15) is 5.10 Å². The summed E-state index contributed by atoms with van der Waals surface area (Å²) in [6.45, 7) is 6.00. The van der Waals surface area contributed by atoms with Crippen LogP contribution in [0.3, 0.4) is 0 Å². The number of aryl methyl sites for hydroxylation is 1. The van der Waals surface area contributed by atoms with E-state index in [4.69, 9.17) is 4.42 Å². The van der Waals surface area contributed by atoms with Gasteiger partial charge >= 0.3 is 0 Å². The number of carbonyl (C=O) groups is 1. The molecule has 4 aromatic rings. The number of nitrogens with one attached hydrogen (secondary N) is 1. The average Bonchev–Trinajstić information content (AvgIpc) is 3.31. The van der Waals surface area contributed by atoms with E-state index in [2.05, 4.69) is 15.4 Å². The number of amides is 1. The van der Waals surface area contributed by atoms with Gasteiger partial charge in [-0.05, 0) is 39.0 Å². The summed E-state index contributed by atoms with van der Waals surface area (Å²) >= 11 is 1.36. The first kappa shape index (κ1) is 16.5. The van der Waals surface area contributed by atoms with Gasteiger partial charge in [0.15, 0.2) is 16.6 Å². The molecule has 1 N–H and O–H groups in total. The molecule has 0 aliphatic carbocycles. The molecule has 0 bridgehead atoms. The molecule has 0 radical (unpaired) electrons. The van der Waals surface area contributed by atoms with Crippen molar-refractivity contribution >= 4 is 33.3 Å². The fourth-order valence-electron chi connectivity index (χ4n) is 2.84. The summed E-state index contributed by atoms with van der Waals surface area (Å²) < 4.78 is 7.65. The van der Waals surface area contributed by atoms with Crippen LogP contribution < -0.4 is 5.32 Å². The first-order valence-electron chi connectivity index (χ1n) is 8.33. The molecule has 26 heavy (non-hydrogen) atoms. The molecule has 0 spiro atoms. The molecular weight excluding hydrogens is 348 g/mol. The van der Waals surface area contributed by atoms with E-state index in [1.165, 1.54) is 11.3 Å². The van der Waals surface area contributed by atoms with Crippen LogP contribution in [0.4, 0.5) is 5.13 Å². The lowest BCUT2D eigenvalue weighted by atomic mass is 10.2. The standard InChI is InChI=1S/C19H18N4O2S/c1-11(2)23-12(3)8-14(22-23)18(24)21-19-20-15(10-26-19)17-9-13-6-4-5-7-16(13)25-17/h4-11H,1-3H3,(H,20,21,24). The zero-order chi connectivity index (χ0) is 18.3. The van der Waals surface area contributed by atoms with E-state index in [9.17, 15) is 4.79 Å². The maximum atomic E-state index is 12.4. The number of thiazole rings is 1. The van der Waals surface area contributed by atoms with Crippen LogP contribution in [0.25, 0.3) is 22.4 Å². The molecule has 0 saturated carbocycles. The van der Waals surface area contributed by atoms with Crippen molar-refractivity contribution in [3.05, 3.63) is 53.2 Å². The van der Waals surface area contributed by atoms with Gasteiger partial charge in [-0.25, -0.2) is 4.98 Å². The Morgan fingerprint density at radius 1 is 1.27 bits per heavy atom. The van der Waals surface area contributed by atoms with Crippen LogP contribution in [0.1, 0.15) is 36.1 Å². The van der Waals surface area contributed by atoms with Crippen LogP contribution in [0.5, 0.6) is 0 Å². The summed E-state index contributed by atoms with van der Waals surface area (Å²) in [7, 11) is 0. The van der Waals surface area contributed by atoms with E-state index in [-0.39, 0.29) is 11.9 Å². The summed E-state index contributed by atoms with van der Waals surface area (Å²) in [4.78, 5) is 16.9. The second-order valence-corrected chi connectivity index (χ2v) is 7.21. The Hall–Kier alpha value is -2.93. The summed E-state index contributed by atoms with van der Waals surface area (Å²) in [5.74, 6) is 0.417. The minimum atomic E-state index is -0.266. The highest BCUT2D eigenvalue weighted by atomic mass is 32.1. The van der Waals surface area contributed by atoms with Gasteiger partial charge in [-0.15, -0.1) is 11.3 Å². The molecule has 7 heteroatoms. The van der Waals surface area contributed by atoms with Gasteiger partial charge in [0.2, 0.25) is 0 Å². The topological polar surface area (TPSA) is 73.0 Å². The highest BCUT2D eigenvalue weighted by Crippen LogP contribution is 2.30. The summed E-state index contributed by atoms with van der Waals surface area (Å²) in [6.07, 6.45) is 0. The molecule has 0 atom stereocenters. The Labute approximate surface area is 154 Å². The monoisotopic (exact) mass is 366 g/mol. The van der Waals surface area contributed by atoms with E-state index in [0.717, 1.165) is 16.7 Å². The molecule has 0 aliphatic heterocycles. The fourth-order valence-corrected chi connectivity index (χ4v) is 3.53. The quantitative estimate of drug-likeness (QED) is 0.558. The lowest BCUT2D eigenvalue weighted by Gasteiger charge is -2.06. The third kappa shape index (κ3) is 3.01. The highest BCUT2D eigenvalue weighted by molar-refractivity contribution is 7.14. The average molecular weight is 366 g/mol. The van der Waals surface area contributed by atoms with Gasteiger partial charge in [0.1, 0.15) is 11.3 Å². The number of rotatable bonds is 4. The number of benzene rings is 1. The number of hydrogen-bond donors (Lipinski definition) is 1. The Morgan fingerprint density at radius 3 is 2.81 bits per heavy atom. The Kier molecular flexibility index (Phi) is 4.08. The number of hydrogen-bond acceptors (Lipinski definition) is 5. The van der Waals surface area contributed by atoms with Gasteiger partial charge in [-0.1, -0.05) is 18.2 Å². The number of carbonyl (C=O) groups excluding carboxylic acids is 1.